The number of likely N-dealkylation sites (tertiary alicyclic amines) is 1. The summed E-state index contributed by atoms with van der Waals surface area (Å²) < 4.78 is 19.7. The highest BCUT2D eigenvalue weighted by Gasteiger charge is 2.56. The second kappa shape index (κ2) is 5.16. The number of fused-ring (bicyclic) bond motifs is 1. The van der Waals surface area contributed by atoms with Crippen LogP contribution in [0.4, 0.5) is 4.39 Å². The zero-order chi connectivity index (χ0) is 15.3. The Kier molecular flexibility index (Phi) is 3.38. The van der Waals surface area contributed by atoms with E-state index in [1.165, 1.54) is 5.06 Å². The quantitative estimate of drug-likeness (QED) is 0.762. The number of alkyl halides is 1. The van der Waals surface area contributed by atoms with Crippen molar-refractivity contribution >= 4 is 11.8 Å². The molecule has 0 radical (unpaired) electrons. The number of ether oxygens (including phenoxy) is 1. The second-order valence-corrected chi connectivity index (χ2v) is 6.86. The standard InChI is InChI=1S/C15H21FN2O4/c16-15(2-3-15)14(20)17-7-11-10(9-21-12(11)8-17)6-13(19)18-4-1-5-22-18/h10-12H,1-9H2/t10-,11-,12-/m1/s1. The van der Waals surface area contributed by atoms with E-state index in [1.54, 1.807) is 4.90 Å². The molecule has 3 heterocycles. The van der Waals surface area contributed by atoms with Crippen LogP contribution in [0.1, 0.15) is 25.7 Å². The molecule has 0 aromatic rings. The molecule has 122 valence electrons. The predicted octanol–water partition coefficient (Wildman–Crippen LogP) is 0.516. The van der Waals surface area contributed by atoms with Gasteiger partial charge in [-0.15, -0.1) is 0 Å². The normalized spacial score (nSPS) is 35.8. The van der Waals surface area contributed by atoms with Gasteiger partial charge in [-0.25, -0.2) is 9.45 Å². The number of carbonyl (C=O) groups excluding carboxylic acids is 2. The van der Waals surface area contributed by atoms with Crippen molar-refractivity contribution in [2.24, 2.45) is 11.8 Å². The number of rotatable bonds is 3. The van der Waals surface area contributed by atoms with Crippen LogP contribution in [0.2, 0.25) is 0 Å². The third-order valence-electron chi connectivity index (χ3n) is 5.27. The van der Waals surface area contributed by atoms with Crippen LogP contribution in [-0.4, -0.2) is 66.4 Å². The molecule has 6 nitrogen and oxygen atoms in total. The third-order valence-corrected chi connectivity index (χ3v) is 5.27. The van der Waals surface area contributed by atoms with Crippen LogP contribution in [-0.2, 0) is 19.2 Å². The first-order chi connectivity index (χ1) is 10.6. The Hall–Kier alpha value is -1.21. The van der Waals surface area contributed by atoms with E-state index in [9.17, 15) is 14.0 Å². The maximum atomic E-state index is 13.9. The highest BCUT2D eigenvalue weighted by molar-refractivity contribution is 5.88. The van der Waals surface area contributed by atoms with Crippen LogP contribution in [0.3, 0.4) is 0 Å². The largest absolute Gasteiger partial charge is 0.376 e. The molecule has 22 heavy (non-hydrogen) atoms. The van der Waals surface area contributed by atoms with E-state index >= 15 is 0 Å². The minimum atomic E-state index is -1.62. The number of halogens is 1. The monoisotopic (exact) mass is 312 g/mol. The molecule has 0 unspecified atom stereocenters. The second-order valence-electron chi connectivity index (χ2n) is 6.86. The summed E-state index contributed by atoms with van der Waals surface area (Å²) in [6, 6.07) is 0. The molecule has 0 aromatic carbocycles. The van der Waals surface area contributed by atoms with Crippen molar-refractivity contribution in [2.75, 3.05) is 32.8 Å². The summed E-state index contributed by atoms with van der Waals surface area (Å²) in [7, 11) is 0. The van der Waals surface area contributed by atoms with Crippen molar-refractivity contribution in [3.63, 3.8) is 0 Å². The Morgan fingerprint density at radius 3 is 2.77 bits per heavy atom. The zero-order valence-corrected chi connectivity index (χ0v) is 12.5. The maximum Gasteiger partial charge on any atom is 0.260 e. The lowest BCUT2D eigenvalue weighted by molar-refractivity contribution is -0.170. The fraction of sp³-hybridized carbons (Fsp3) is 0.867. The topological polar surface area (TPSA) is 59.1 Å². The van der Waals surface area contributed by atoms with Crippen LogP contribution in [0.5, 0.6) is 0 Å². The smallest absolute Gasteiger partial charge is 0.260 e. The molecule has 3 saturated heterocycles. The van der Waals surface area contributed by atoms with Gasteiger partial charge in [-0.2, -0.15) is 0 Å². The van der Waals surface area contributed by atoms with Gasteiger partial charge in [-0.05, 0) is 25.2 Å². The fourth-order valence-corrected chi connectivity index (χ4v) is 3.75. The van der Waals surface area contributed by atoms with Gasteiger partial charge in [0.1, 0.15) is 0 Å². The summed E-state index contributed by atoms with van der Waals surface area (Å²) in [5.74, 6) is -0.175. The van der Waals surface area contributed by atoms with E-state index in [0.29, 0.717) is 52.1 Å². The highest BCUT2D eigenvalue weighted by Crippen LogP contribution is 2.44. The Morgan fingerprint density at radius 1 is 1.27 bits per heavy atom. The minimum absolute atomic E-state index is 0.0133. The lowest BCUT2D eigenvalue weighted by Gasteiger charge is -2.22. The van der Waals surface area contributed by atoms with Crippen molar-refractivity contribution < 1.29 is 23.6 Å². The van der Waals surface area contributed by atoms with Crippen molar-refractivity contribution in [3.8, 4) is 0 Å². The summed E-state index contributed by atoms with van der Waals surface area (Å²) in [6.45, 7) is 2.75. The SMILES string of the molecule is O=C(C[C@@H]1CO[C@@H]2CN(C(=O)C3(F)CC3)C[C@H]12)N1CCCO1. The molecule has 0 N–H and O–H groups in total. The van der Waals surface area contributed by atoms with E-state index in [1.807, 2.05) is 0 Å². The molecule has 2 amide bonds. The summed E-state index contributed by atoms with van der Waals surface area (Å²) in [4.78, 5) is 31.1. The summed E-state index contributed by atoms with van der Waals surface area (Å²) in [6.07, 6.45) is 1.88. The van der Waals surface area contributed by atoms with Crippen LogP contribution in [0, 0.1) is 11.8 Å². The third kappa shape index (κ3) is 2.40. The lowest BCUT2D eigenvalue weighted by atomic mass is 9.90. The predicted molar refractivity (Wildman–Crippen MR) is 73.3 cm³/mol. The van der Waals surface area contributed by atoms with Gasteiger partial charge in [0.15, 0.2) is 5.67 Å². The van der Waals surface area contributed by atoms with E-state index < -0.39 is 11.6 Å². The van der Waals surface area contributed by atoms with Crippen molar-refractivity contribution in [1.29, 1.82) is 0 Å². The van der Waals surface area contributed by atoms with Gasteiger partial charge in [-0.3, -0.25) is 14.4 Å². The number of hydrogen-bond acceptors (Lipinski definition) is 4. The molecule has 4 aliphatic rings. The molecule has 1 saturated carbocycles. The molecule has 1 aliphatic carbocycles. The van der Waals surface area contributed by atoms with Gasteiger partial charge < -0.3 is 9.64 Å². The molecule has 4 rings (SSSR count). The van der Waals surface area contributed by atoms with Crippen LogP contribution in [0.15, 0.2) is 0 Å². The molecule has 0 aromatic heterocycles. The Labute approximate surface area is 128 Å². The first-order valence-corrected chi connectivity index (χ1v) is 8.10. The number of amides is 2. The summed E-state index contributed by atoms with van der Waals surface area (Å²) >= 11 is 0. The van der Waals surface area contributed by atoms with Crippen LogP contribution < -0.4 is 0 Å². The van der Waals surface area contributed by atoms with Crippen LogP contribution in [0.25, 0.3) is 0 Å². The first kappa shape index (κ1) is 14.4. The molecule has 3 aliphatic heterocycles. The molecule has 0 bridgehead atoms. The molecule has 0 spiro atoms. The van der Waals surface area contributed by atoms with E-state index in [0.717, 1.165) is 6.42 Å². The van der Waals surface area contributed by atoms with E-state index in [4.69, 9.17) is 9.57 Å². The number of nitrogens with zero attached hydrogens (tertiary/aromatic N) is 2. The van der Waals surface area contributed by atoms with Crippen LogP contribution >= 0.6 is 0 Å². The zero-order valence-electron chi connectivity index (χ0n) is 12.5. The molecule has 3 atom stereocenters. The lowest BCUT2D eigenvalue weighted by Crippen LogP contribution is -2.38. The van der Waals surface area contributed by atoms with Crippen molar-refractivity contribution in [1.82, 2.24) is 9.96 Å². The number of hydrogen-bond donors (Lipinski definition) is 0. The Morgan fingerprint density at radius 2 is 2.09 bits per heavy atom. The average molecular weight is 312 g/mol. The van der Waals surface area contributed by atoms with Gasteiger partial charge in [0.05, 0.1) is 25.9 Å². The Balaban J connectivity index is 1.36. The molecular weight excluding hydrogens is 291 g/mol. The number of carbonyl (C=O) groups is 2. The number of hydroxylamine groups is 2. The van der Waals surface area contributed by atoms with Crippen molar-refractivity contribution in [3.05, 3.63) is 0 Å². The van der Waals surface area contributed by atoms with Gasteiger partial charge >= 0.3 is 0 Å². The van der Waals surface area contributed by atoms with E-state index in [2.05, 4.69) is 0 Å². The van der Waals surface area contributed by atoms with Gasteiger partial charge in [-0.1, -0.05) is 0 Å². The molecule has 4 fully saturated rings. The van der Waals surface area contributed by atoms with Gasteiger partial charge in [0, 0.05) is 25.4 Å². The summed E-state index contributed by atoms with van der Waals surface area (Å²) in [5, 5.41) is 1.44. The minimum Gasteiger partial charge on any atom is -0.376 e. The van der Waals surface area contributed by atoms with Crippen molar-refractivity contribution in [2.45, 2.75) is 37.5 Å². The van der Waals surface area contributed by atoms with Gasteiger partial charge in [0.25, 0.3) is 5.91 Å². The highest BCUT2D eigenvalue weighted by atomic mass is 19.1. The van der Waals surface area contributed by atoms with E-state index in [-0.39, 0.29) is 23.8 Å². The first-order valence-electron chi connectivity index (χ1n) is 8.10. The Bertz CT molecular complexity index is 490. The molecule has 7 heteroatoms. The summed E-state index contributed by atoms with van der Waals surface area (Å²) in [5.41, 5.74) is -1.62. The fourth-order valence-electron chi connectivity index (χ4n) is 3.75. The maximum absolute atomic E-state index is 13.9. The average Bonchev–Trinajstić information content (AvgIpc) is 2.96. The molecular formula is C15H21FN2O4. The van der Waals surface area contributed by atoms with Gasteiger partial charge in [0.2, 0.25) is 5.91 Å².